The summed E-state index contributed by atoms with van der Waals surface area (Å²) in [6, 6.07) is 1.74. The summed E-state index contributed by atoms with van der Waals surface area (Å²) in [5.74, 6) is 0. The topological polar surface area (TPSA) is 81.9 Å². The zero-order valence-corrected chi connectivity index (χ0v) is 17.3. The van der Waals surface area contributed by atoms with Crippen molar-refractivity contribution in [1.29, 1.82) is 0 Å². The molecule has 8 heteroatoms. The molecule has 2 aliphatic rings. The zero-order chi connectivity index (χ0) is 20.3. The fraction of sp³-hybridized carbons (Fsp3) is 0.750. The number of hydrogen-bond donors (Lipinski definition) is 1. The van der Waals surface area contributed by atoms with Gasteiger partial charge in [0.1, 0.15) is 0 Å². The van der Waals surface area contributed by atoms with Crippen LogP contribution < -0.4 is 10.5 Å². The van der Waals surface area contributed by atoms with Crippen molar-refractivity contribution in [2.45, 2.75) is 64.6 Å². The zero-order valence-electron chi connectivity index (χ0n) is 17.3. The molecule has 0 radical (unpaired) electrons. The molecule has 0 aromatic carbocycles. The van der Waals surface area contributed by atoms with Gasteiger partial charge in [-0.15, -0.1) is 0 Å². The highest BCUT2D eigenvalue weighted by Gasteiger charge is 2.29. The predicted molar refractivity (Wildman–Crippen MR) is 109 cm³/mol. The lowest BCUT2D eigenvalue weighted by Gasteiger charge is -2.37. The van der Waals surface area contributed by atoms with Crippen molar-refractivity contribution in [3.63, 3.8) is 0 Å². The Kier molecular flexibility index (Phi) is 6.59. The number of piperidine rings is 2. The number of hydrogen-bond acceptors (Lipinski definition) is 5. The van der Waals surface area contributed by atoms with E-state index in [0.29, 0.717) is 25.9 Å². The molecule has 1 aromatic rings. The molecular formula is C20H33N5O3. The van der Waals surface area contributed by atoms with Crippen LogP contribution in [-0.4, -0.2) is 75.6 Å². The van der Waals surface area contributed by atoms with Gasteiger partial charge in [0.05, 0.1) is 24.0 Å². The monoisotopic (exact) mass is 391 g/mol. The second-order valence-electron chi connectivity index (χ2n) is 8.12. The summed E-state index contributed by atoms with van der Waals surface area (Å²) in [6.45, 7) is 9.42. The molecule has 8 nitrogen and oxygen atoms in total. The largest absolute Gasteiger partial charge is 0.393 e. The first-order valence-electron chi connectivity index (χ1n) is 10.5. The summed E-state index contributed by atoms with van der Waals surface area (Å²) in [6.07, 6.45) is 4.64. The third kappa shape index (κ3) is 4.48. The van der Waals surface area contributed by atoms with E-state index in [-0.39, 0.29) is 29.8 Å². The molecule has 3 rings (SSSR count). The number of carbonyl (C=O) groups is 1. The molecule has 1 N–H and O–H groups in total. The van der Waals surface area contributed by atoms with E-state index in [0.717, 1.165) is 38.2 Å². The van der Waals surface area contributed by atoms with Gasteiger partial charge in [-0.3, -0.25) is 4.79 Å². The minimum Gasteiger partial charge on any atom is -0.393 e. The Morgan fingerprint density at radius 1 is 1.29 bits per heavy atom. The SMILES string of the molecule is CCN(C(=O)N1CCC[C@H](n2ncc(N3CCC(O)CC3)cc2=O)C1)C(C)C. The average molecular weight is 392 g/mol. The lowest BCUT2D eigenvalue weighted by molar-refractivity contribution is 0.118. The van der Waals surface area contributed by atoms with Crippen molar-refractivity contribution in [2.75, 3.05) is 37.6 Å². The molecule has 3 heterocycles. The third-order valence-corrected chi connectivity index (χ3v) is 5.86. The standard InChI is InChI=1S/C20H33N5O3/c1-4-24(15(2)3)20(28)23-9-5-6-16(14-23)25-19(27)12-17(13-21-25)22-10-7-18(26)8-11-22/h12-13,15-16,18,26H,4-11,14H2,1-3H3/t16-/m0/s1. The number of aliphatic hydroxyl groups excluding tert-OH is 1. The molecule has 0 aliphatic carbocycles. The fourth-order valence-electron chi connectivity index (χ4n) is 4.21. The van der Waals surface area contributed by atoms with Crippen molar-refractivity contribution in [2.24, 2.45) is 0 Å². The highest BCUT2D eigenvalue weighted by molar-refractivity contribution is 5.74. The number of rotatable bonds is 4. The van der Waals surface area contributed by atoms with Crippen LogP contribution in [0, 0.1) is 0 Å². The number of anilines is 1. The molecule has 2 saturated heterocycles. The first-order valence-corrected chi connectivity index (χ1v) is 10.5. The van der Waals surface area contributed by atoms with E-state index in [1.165, 1.54) is 4.68 Å². The number of carbonyl (C=O) groups excluding carboxylic acids is 1. The highest BCUT2D eigenvalue weighted by atomic mass is 16.3. The first-order chi connectivity index (χ1) is 13.4. The Morgan fingerprint density at radius 2 is 2.00 bits per heavy atom. The quantitative estimate of drug-likeness (QED) is 0.845. The summed E-state index contributed by atoms with van der Waals surface area (Å²) in [4.78, 5) is 31.4. The summed E-state index contributed by atoms with van der Waals surface area (Å²) in [5.41, 5.74) is 0.688. The van der Waals surface area contributed by atoms with Crippen LogP contribution in [0.1, 0.15) is 52.5 Å². The maximum atomic E-state index is 12.8. The van der Waals surface area contributed by atoms with Crippen LogP contribution in [0.4, 0.5) is 10.5 Å². The molecular weight excluding hydrogens is 358 g/mol. The van der Waals surface area contributed by atoms with E-state index in [9.17, 15) is 14.7 Å². The van der Waals surface area contributed by atoms with Gasteiger partial charge in [0.25, 0.3) is 5.56 Å². The van der Waals surface area contributed by atoms with Crippen LogP contribution in [0.15, 0.2) is 17.1 Å². The van der Waals surface area contributed by atoms with Gasteiger partial charge in [0, 0.05) is 44.8 Å². The van der Waals surface area contributed by atoms with Gasteiger partial charge in [0.2, 0.25) is 0 Å². The second-order valence-corrected chi connectivity index (χ2v) is 8.12. The van der Waals surface area contributed by atoms with Gasteiger partial charge >= 0.3 is 6.03 Å². The van der Waals surface area contributed by atoms with Crippen LogP contribution in [-0.2, 0) is 0 Å². The molecule has 2 amide bonds. The van der Waals surface area contributed by atoms with Crippen molar-refractivity contribution < 1.29 is 9.90 Å². The molecule has 0 saturated carbocycles. The van der Waals surface area contributed by atoms with Crippen LogP contribution >= 0.6 is 0 Å². The fourth-order valence-corrected chi connectivity index (χ4v) is 4.21. The van der Waals surface area contributed by atoms with Crippen LogP contribution in [0.5, 0.6) is 0 Å². The van der Waals surface area contributed by atoms with E-state index in [1.54, 1.807) is 12.3 Å². The van der Waals surface area contributed by atoms with Crippen molar-refractivity contribution in [1.82, 2.24) is 19.6 Å². The van der Waals surface area contributed by atoms with Gasteiger partial charge in [-0.2, -0.15) is 5.10 Å². The maximum absolute atomic E-state index is 12.8. The number of aliphatic hydroxyl groups is 1. The molecule has 0 unspecified atom stereocenters. The molecule has 156 valence electrons. The Bertz CT molecular complexity index is 727. The third-order valence-electron chi connectivity index (χ3n) is 5.86. The van der Waals surface area contributed by atoms with E-state index < -0.39 is 0 Å². The van der Waals surface area contributed by atoms with E-state index in [2.05, 4.69) is 10.00 Å². The maximum Gasteiger partial charge on any atom is 0.320 e. The second kappa shape index (κ2) is 8.94. The molecule has 2 fully saturated rings. The van der Waals surface area contributed by atoms with Gasteiger partial charge in [-0.1, -0.05) is 0 Å². The summed E-state index contributed by atoms with van der Waals surface area (Å²) < 4.78 is 1.54. The van der Waals surface area contributed by atoms with Gasteiger partial charge in [0.15, 0.2) is 0 Å². The Labute approximate surface area is 166 Å². The van der Waals surface area contributed by atoms with Gasteiger partial charge in [-0.05, 0) is 46.5 Å². The molecule has 0 bridgehead atoms. The van der Waals surface area contributed by atoms with E-state index in [4.69, 9.17) is 0 Å². The lowest BCUT2D eigenvalue weighted by atomic mass is 10.1. The molecule has 1 aromatic heterocycles. The van der Waals surface area contributed by atoms with Crippen LogP contribution in [0.25, 0.3) is 0 Å². The Morgan fingerprint density at radius 3 is 2.61 bits per heavy atom. The summed E-state index contributed by atoms with van der Waals surface area (Å²) >= 11 is 0. The minimum absolute atomic E-state index is 0.0405. The lowest BCUT2D eigenvalue weighted by Crippen LogP contribution is -2.51. The van der Waals surface area contributed by atoms with E-state index in [1.807, 2.05) is 30.6 Å². The van der Waals surface area contributed by atoms with Gasteiger partial charge < -0.3 is 19.8 Å². The molecule has 0 spiro atoms. The average Bonchev–Trinajstić information content (AvgIpc) is 2.68. The van der Waals surface area contributed by atoms with Crippen molar-refractivity contribution in [3.05, 3.63) is 22.6 Å². The highest BCUT2D eigenvalue weighted by Crippen LogP contribution is 2.22. The van der Waals surface area contributed by atoms with Crippen molar-refractivity contribution in [3.8, 4) is 0 Å². The van der Waals surface area contributed by atoms with Gasteiger partial charge in [-0.25, -0.2) is 9.48 Å². The van der Waals surface area contributed by atoms with E-state index >= 15 is 0 Å². The number of aromatic nitrogens is 2. The van der Waals surface area contributed by atoms with Crippen LogP contribution in [0.3, 0.4) is 0 Å². The molecule has 28 heavy (non-hydrogen) atoms. The van der Waals surface area contributed by atoms with Crippen molar-refractivity contribution >= 4 is 11.7 Å². The normalized spacial score (nSPS) is 21.2. The summed E-state index contributed by atoms with van der Waals surface area (Å²) in [5, 5.41) is 14.1. The van der Waals surface area contributed by atoms with Crippen LogP contribution in [0.2, 0.25) is 0 Å². The predicted octanol–water partition coefficient (Wildman–Crippen LogP) is 1.69. The smallest absolute Gasteiger partial charge is 0.320 e. The molecule has 2 aliphatic heterocycles. The number of likely N-dealkylation sites (tertiary alicyclic amines) is 1. The minimum atomic E-state index is -0.246. The number of urea groups is 1. The number of nitrogens with zero attached hydrogens (tertiary/aromatic N) is 5. The Balaban J connectivity index is 1.71. The summed E-state index contributed by atoms with van der Waals surface area (Å²) in [7, 11) is 0. The Hall–Kier alpha value is -2.09. The molecule has 1 atom stereocenters. The number of amides is 2. The first kappa shape index (κ1) is 20.6.